The quantitative estimate of drug-likeness (QED) is 0.0333. The Morgan fingerprint density at radius 2 is 1.95 bits per heavy atom. The van der Waals surface area contributed by atoms with Gasteiger partial charge in [0.25, 0.3) is 0 Å². The van der Waals surface area contributed by atoms with Gasteiger partial charge in [-0.25, -0.2) is 18.5 Å². The average Bonchev–Trinajstić information content (AvgIpc) is 3.27. The Kier molecular flexibility index (Phi) is 14.6. The van der Waals surface area contributed by atoms with Crippen molar-refractivity contribution in [3.05, 3.63) is 34.9 Å². The number of aromatic nitrogens is 2. The molecule has 8 N–H and O–H groups in total. The van der Waals surface area contributed by atoms with Gasteiger partial charge in [0.05, 0.1) is 24.9 Å². The maximum atomic E-state index is 12.6. The Balaban J connectivity index is 2.10. The number of hydrogen-bond acceptors (Lipinski definition) is 15. The highest BCUT2D eigenvalue weighted by Crippen LogP contribution is 2.66. The van der Waals surface area contributed by atoms with E-state index in [1.54, 1.807) is 10.8 Å². The van der Waals surface area contributed by atoms with Gasteiger partial charge in [-0.15, -0.1) is 6.58 Å². The van der Waals surface area contributed by atoms with Crippen LogP contribution >= 0.6 is 45.1 Å². The van der Waals surface area contributed by atoms with Crippen molar-refractivity contribution in [1.29, 1.82) is 0 Å². The number of ether oxygens (including phenoxy) is 3. The minimum absolute atomic E-state index is 0.00773. The summed E-state index contributed by atoms with van der Waals surface area (Å²) in [5, 5.41) is 0. The molecular formula is C20H33N4O14P3S2. The molecule has 2 unspecified atom stereocenters. The van der Waals surface area contributed by atoms with Gasteiger partial charge in [-0.05, 0) is 13.8 Å². The highest BCUT2D eigenvalue weighted by Gasteiger charge is 2.43. The number of anilines is 1. The summed E-state index contributed by atoms with van der Waals surface area (Å²) in [5.74, 6) is 5.78. The van der Waals surface area contributed by atoms with Gasteiger partial charge in [0.2, 0.25) is 0 Å². The van der Waals surface area contributed by atoms with E-state index in [1.165, 1.54) is 23.1 Å². The molecule has 43 heavy (non-hydrogen) atoms. The molecule has 18 nitrogen and oxygen atoms in total. The second-order valence-electron chi connectivity index (χ2n) is 9.07. The Hall–Kier alpha value is -1.07. The van der Waals surface area contributed by atoms with Crippen LogP contribution in [0.1, 0.15) is 32.1 Å². The van der Waals surface area contributed by atoms with Crippen LogP contribution in [0.25, 0.3) is 0 Å². The number of rotatable bonds is 17. The summed E-state index contributed by atoms with van der Waals surface area (Å²) in [6, 6.07) is 0. The van der Waals surface area contributed by atoms with E-state index in [0.717, 1.165) is 4.57 Å². The second-order valence-corrected chi connectivity index (χ2v) is 16.4. The predicted molar refractivity (Wildman–Crippen MR) is 157 cm³/mol. The third kappa shape index (κ3) is 13.8. The third-order valence-electron chi connectivity index (χ3n) is 5.02. The maximum absolute atomic E-state index is 12.6. The van der Waals surface area contributed by atoms with Crippen LogP contribution in [0.5, 0.6) is 0 Å². The van der Waals surface area contributed by atoms with E-state index in [9.17, 15) is 28.3 Å². The molecule has 2 heterocycles. The van der Waals surface area contributed by atoms with E-state index in [1.807, 2.05) is 13.8 Å². The number of hydrogen-bond donors (Lipinski definition) is 6. The topological polar surface area (TPSA) is 274 Å². The summed E-state index contributed by atoms with van der Waals surface area (Å²) in [5.41, 5.74) is 10.9. The molecule has 1 aliphatic heterocycles. The van der Waals surface area contributed by atoms with Crippen LogP contribution in [0, 0.1) is 11.8 Å². The van der Waals surface area contributed by atoms with Gasteiger partial charge in [-0.3, -0.25) is 9.09 Å². The molecule has 23 heteroatoms. The summed E-state index contributed by atoms with van der Waals surface area (Å²) >= 11 is 0. The first-order chi connectivity index (χ1) is 19.9. The van der Waals surface area contributed by atoms with Crippen LogP contribution in [0.3, 0.4) is 0 Å². The second kappa shape index (κ2) is 16.5. The smallest absolute Gasteiger partial charge is 0.382 e. The lowest BCUT2D eigenvalue weighted by Gasteiger charge is -2.21. The number of phosphoric ester groups is 1. The number of nitrogens with zero attached hydrogens (tertiary/aromatic N) is 2. The zero-order chi connectivity index (χ0) is 32.5. The summed E-state index contributed by atoms with van der Waals surface area (Å²) in [7, 11) is -13.6. The van der Waals surface area contributed by atoms with Crippen LogP contribution in [-0.4, -0.2) is 78.4 Å². The molecule has 0 aliphatic carbocycles. The number of nitrogens with two attached hydrogens (primary N) is 2. The van der Waals surface area contributed by atoms with Crippen molar-refractivity contribution < 1.29 is 60.6 Å². The maximum Gasteiger partial charge on any atom is 0.490 e. The van der Waals surface area contributed by atoms with Gasteiger partial charge in [-0.2, -0.15) is 13.6 Å². The van der Waals surface area contributed by atoms with Crippen molar-refractivity contribution in [2.75, 3.05) is 38.0 Å². The molecule has 0 spiro atoms. The Labute approximate surface area is 254 Å². The molecule has 1 aromatic heterocycles. The first-order valence-corrected chi connectivity index (χ1v) is 18.8. The van der Waals surface area contributed by atoms with Crippen molar-refractivity contribution in [3.8, 4) is 11.8 Å². The molecule has 244 valence electrons. The Morgan fingerprint density at radius 1 is 1.26 bits per heavy atom. The molecule has 1 aliphatic rings. The van der Waals surface area contributed by atoms with Gasteiger partial charge >= 0.3 is 29.2 Å². The van der Waals surface area contributed by atoms with Gasteiger partial charge in [0, 0.05) is 23.9 Å². The Morgan fingerprint density at radius 3 is 2.58 bits per heavy atom. The van der Waals surface area contributed by atoms with Crippen LogP contribution in [0.4, 0.5) is 5.82 Å². The van der Waals surface area contributed by atoms with E-state index in [2.05, 4.69) is 36.5 Å². The standard InChI is InChI=1S/C20H33N4O14P3S2/c1-4-7-34-15-9-17(36-16(15)11-35-40(29,30)38-41(31,32)37-39(26,27)28)24-10-14(18(22)23-19(24)25)6-5-8-33-13-42-43-20(2,3)12-21/h4,10,15-17H,1,7-9,11-13,21H2,2-3H3,(H,29,30)(H,31,32)(H2,22,23,25)(H2,26,27,28)/t15-,16-,17-/m1/s1. The molecule has 2 rings (SSSR count). The minimum atomic E-state index is -5.71. The average molecular weight is 711 g/mol. The van der Waals surface area contributed by atoms with Crippen molar-refractivity contribution in [3.63, 3.8) is 0 Å². The molecule has 0 bridgehead atoms. The monoisotopic (exact) mass is 710 g/mol. The summed E-state index contributed by atoms with van der Waals surface area (Å²) in [4.78, 5) is 52.8. The van der Waals surface area contributed by atoms with E-state index >= 15 is 0 Å². The summed E-state index contributed by atoms with van der Waals surface area (Å²) in [6.45, 7) is 7.34. The first-order valence-electron chi connectivity index (χ1n) is 12.0. The van der Waals surface area contributed by atoms with Gasteiger partial charge in [-0.1, -0.05) is 39.5 Å². The number of phosphoric acid groups is 3. The zero-order valence-electron chi connectivity index (χ0n) is 22.9. The molecule has 5 atom stereocenters. The van der Waals surface area contributed by atoms with Crippen LogP contribution in [-0.2, 0) is 41.1 Å². The van der Waals surface area contributed by atoms with Crippen molar-refractivity contribution in [2.24, 2.45) is 5.73 Å². The molecule has 0 radical (unpaired) electrons. The van der Waals surface area contributed by atoms with E-state index in [0.29, 0.717) is 12.5 Å². The Bertz CT molecular complexity index is 1380. The fourth-order valence-electron chi connectivity index (χ4n) is 3.12. The van der Waals surface area contributed by atoms with E-state index < -0.39 is 54.2 Å². The third-order valence-corrected chi connectivity index (χ3v) is 11.8. The molecule has 0 amide bonds. The van der Waals surface area contributed by atoms with E-state index in [4.69, 9.17) is 35.5 Å². The first kappa shape index (κ1) is 38.1. The van der Waals surface area contributed by atoms with Gasteiger partial charge in [0.15, 0.2) is 0 Å². The van der Waals surface area contributed by atoms with Crippen molar-refractivity contribution in [2.45, 2.75) is 43.5 Å². The van der Waals surface area contributed by atoms with E-state index in [-0.39, 0.29) is 35.8 Å². The molecular weight excluding hydrogens is 677 g/mol. The van der Waals surface area contributed by atoms with Crippen molar-refractivity contribution in [1.82, 2.24) is 9.55 Å². The molecule has 0 aromatic carbocycles. The van der Waals surface area contributed by atoms with Crippen LogP contribution in [0.15, 0.2) is 23.6 Å². The predicted octanol–water partition coefficient (Wildman–Crippen LogP) is 1.47. The van der Waals surface area contributed by atoms with Crippen molar-refractivity contribution >= 4 is 50.9 Å². The lowest BCUT2D eigenvalue weighted by Crippen LogP contribution is -2.29. The SMILES string of the molecule is C=CCO[C@@H]1C[C@H](n2cc(C#CCOCSSC(C)(C)CN)c(N)nc2=O)O[C@@H]1COP(=O)(O)OP(=O)(O)OP(=O)(O)O. The lowest BCUT2D eigenvalue weighted by molar-refractivity contribution is -0.0570. The molecule has 1 fully saturated rings. The fraction of sp³-hybridized carbons (Fsp3) is 0.600. The van der Waals surface area contributed by atoms with Gasteiger partial charge < -0.3 is 45.3 Å². The number of nitrogen functional groups attached to an aromatic ring is 1. The zero-order valence-corrected chi connectivity index (χ0v) is 27.2. The largest absolute Gasteiger partial charge is 0.490 e. The van der Waals surface area contributed by atoms with Crippen LogP contribution < -0.4 is 17.2 Å². The minimum Gasteiger partial charge on any atom is -0.382 e. The fourth-order valence-corrected chi connectivity index (χ4v) is 8.24. The molecule has 0 saturated carbocycles. The molecule has 1 saturated heterocycles. The lowest BCUT2D eigenvalue weighted by atomic mass is 10.2. The highest BCUT2D eigenvalue weighted by molar-refractivity contribution is 8.77. The summed E-state index contributed by atoms with van der Waals surface area (Å²) < 4.78 is 64.4. The highest BCUT2D eigenvalue weighted by atomic mass is 33.1. The van der Waals surface area contributed by atoms with Crippen LogP contribution in [0.2, 0.25) is 0 Å². The summed E-state index contributed by atoms with van der Waals surface area (Å²) in [6.07, 6.45) is -0.319. The van der Waals surface area contributed by atoms with Gasteiger partial charge in [0.1, 0.15) is 30.7 Å². The normalized spacial score (nSPS) is 21.9. The molecule has 1 aromatic rings.